The van der Waals surface area contributed by atoms with E-state index in [4.69, 9.17) is 6.42 Å². The maximum Gasteiger partial charge on any atom is 0.300 e. The molecule has 0 aliphatic rings. The van der Waals surface area contributed by atoms with Gasteiger partial charge in [0.1, 0.15) is 0 Å². The Bertz CT molecular complexity index is 546. The Morgan fingerprint density at radius 3 is 2.67 bits per heavy atom. The maximum absolute atomic E-state index is 11.1. The van der Waals surface area contributed by atoms with Crippen molar-refractivity contribution in [3.63, 3.8) is 0 Å². The van der Waals surface area contributed by atoms with Crippen LogP contribution in [0, 0.1) is 12.3 Å². The Morgan fingerprint density at radius 1 is 1.13 bits per heavy atom. The van der Waals surface area contributed by atoms with Crippen LogP contribution < -0.4 is 5.32 Å². The Morgan fingerprint density at radius 2 is 1.87 bits per heavy atom. The fourth-order valence-corrected chi connectivity index (χ4v) is 1.49. The average molecular weight is 195 g/mol. The molecule has 2 nitrogen and oxygen atoms in total. The normalized spacial score (nSPS) is 9.53. The molecule has 1 amide bonds. The van der Waals surface area contributed by atoms with Crippen molar-refractivity contribution in [2.75, 3.05) is 5.32 Å². The van der Waals surface area contributed by atoms with E-state index in [9.17, 15) is 4.79 Å². The fraction of sp³-hybridized carbons (Fsp3) is 0. The molecule has 0 aliphatic carbocycles. The molecule has 0 aromatic heterocycles. The molecule has 0 atom stereocenters. The van der Waals surface area contributed by atoms with Crippen molar-refractivity contribution in [1.29, 1.82) is 0 Å². The van der Waals surface area contributed by atoms with Crippen LogP contribution in [0.1, 0.15) is 0 Å². The predicted octanol–water partition coefficient (Wildman–Crippen LogP) is 2.41. The van der Waals surface area contributed by atoms with E-state index < -0.39 is 5.91 Å². The van der Waals surface area contributed by atoms with Crippen LogP contribution in [0.2, 0.25) is 0 Å². The summed E-state index contributed by atoms with van der Waals surface area (Å²) in [6, 6.07) is 13.5. The quantitative estimate of drug-likeness (QED) is 0.695. The molecule has 0 radical (unpaired) electrons. The van der Waals surface area contributed by atoms with Gasteiger partial charge in [-0.3, -0.25) is 4.79 Å². The maximum atomic E-state index is 11.1. The van der Waals surface area contributed by atoms with E-state index in [2.05, 4.69) is 5.32 Å². The molecule has 0 aliphatic heterocycles. The topological polar surface area (TPSA) is 29.1 Å². The van der Waals surface area contributed by atoms with Gasteiger partial charge in [-0.15, -0.1) is 6.42 Å². The largest absolute Gasteiger partial charge is 0.315 e. The lowest BCUT2D eigenvalue weighted by atomic mass is 10.1. The third kappa shape index (κ3) is 1.82. The molecule has 2 rings (SSSR count). The molecule has 15 heavy (non-hydrogen) atoms. The first kappa shape index (κ1) is 9.29. The molecule has 0 bridgehead atoms. The summed E-state index contributed by atoms with van der Waals surface area (Å²) in [4.78, 5) is 11.1. The van der Waals surface area contributed by atoms with Crippen LogP contribution in [0.15, 0.2) is 42.5 Å². The van der Waals surface area contributed by atoms with Crippen molar-refractivity contribution in [2.24, 2.45) is 0 Å². The van der Waals surface area contributed by atoms with Gasteiger partial charge in [-0.1, -0.05) is 36.4 Å². The van der Waals surface area contributed by atoms with Crippen molar-refractivity contribution in [3.8, 4) is 12.3 Å². The van der Waals surface area contributed by atoms with Crippen molar-refractivity contribution >= 4 is 22.4 Å². The number of amides is 1. The Kier molecular flexibility index (Phi) is 2.38. The molecule has 0 spiro atoms. The first-order valence-electron chi connectivity index (χ1n) is 4.56. The predicted molar refractivity (Wildman–Crippen MR) is 61.4 cm³/mol. The molecule has 0 saturated heterocycles. The van der Waals surface area contributed by atoms with Gasteiger partial charge >= 0.3 is 0 Å². The lowest BCUT2D eigenvalue weighted by Gasteiger charge is -2.05. The summed E-state index contributed by atoms with van der Waals surface area (Å²) >= 11 is 0. The van der Waals surface area contributed by atoms with Crippen LogP contribution in [0.3, 0.4) is 0 Å². The number of carbonyl (C=O) groups is 1. The fourth-order valence-electron chi connectivity index (χ4n) is 1.49. The SMILES string of the molecule is C#CC(=O)Nc1cccc2ccccc12. The van der Waals surface area contributed by atoms with Gasteiger partial charge < -0.3 is 5.32 Å². The lowest BCUT2D eigenvalue weighted by molar-refractivity contribution is -0.111. The second-order valence-corrected chi connectivity index (χ2v) is 3.13. The highest BCUT2D eigenvalue weighted by atomic mass is 16.1. The van der Waals surface area contributed by atoms with E-state index in [0.717, 1.165) is 16.5 Å². The van der Waals surface area contributed by atoms with E-state index >= 15 is 0 Å². The number of benzene rings is 2. The van der Waals surface area contributed by atoms with Gasteiger partial charge in [0.15, 0.2) is 0 Å². The molecule has 0 heterocycles. The average Bonchev–Trinajstić information content (AvgIpc) is 2.29. The number of fused-ring (bicyclic) bond motifs is 1. The number of hydrogen-bond acceptors (Lipinski definition) is 1. The van der Waals surface area contributed by atoms with Gasteiger partial charge in [0.25, 0.3) is 5.91 Å². The number of carbonyl (C=O) groups excluding carboxylic acids is 1. The molecule has 72 valence electrons. The summed E-state index contributed by atoms with van der Waals surface area (Å²) in [7, 11) is 0. The van der Waals surface area contributed by atoms with E-state index in [1.54, 1.807) is 0 Å². The summed E-state index contributed by atoms with van der Waals surface area (Å²) in [5, 5.41) is 4.73. The van der Waals surface area contributed by atoms with E-state index in [1.165, 1.54) is 0 Å². The Hall–Kier alpha value is -2.27. The van der Waals surface area contributed by atoms with E-state index in [-0.39, 0.29) is 0 Å². The summed E-state index contributed by atoms with van der Waals surface area (Å²) in [6.45, 7) is 0. The molecule has 0 fully saturated rings. The molecule has 0 saturated carbocycles. The molecule has 2 aromatic rings. The second-order valence-electron chi connectivity index (χ2n) is 3.13. The van der Waals surface area contributed by atoms with Crippen LogP contribution in [-0.4, -0.2) is 5.91 Å². The van der Waals surface area contributed by atoms with Crippen molar-refractivity contribution < 1.29 is 4.79 Å². The van der Waals surface area contributed by atoms with Gasteiger partial charge in [0, 0.05) is 11.1 Å². The zero-order valence-corrected chi connectivity index (χ0v) is 8.03. The Labute approximate surface area is 87.9 Å². The third-order valence-electron chi connectivity index (χ3n) is 2.17. The minimum atomic E-state index is -0.425. The highest BCUT2D eigenvalue weighted by Crippen LogP contribution is 2.22. The number of anilines is 1. The number of hydrogen-bond donors (Lipinski definition) is 1. The number of nitrogens with one attached hydrogen (secondary N) is 1. The van der Waals surface area contributed by atoms with Gasteiger partial charge in [0.2, 0.25) is 0 Å². The zero-order chi connectivity index (χ0) is 10.7. The van der Waals surface area contributed by atoms with Crippen LogP contribution in [-0.2, 0) is 4.79 Å². The minimum Gasteiger partial charge on any atom is -0.315 e. The molecule has 2 heteroatoms. The first-order chi connectivity index (χ1) is 7.31. The Balaban J connectivity index is 2.52. The highest BCUT2D eigenvalue weighted by molar-refractivity contribution is 6.08. The smallest absolute Gasteiger partial charge is 0.300 e. The van der Waals surface area contributed by atoms with Crippen LogP contribution in [0.5, 0.6) is 0 Å². The number of rotatable bonds is 1. The summed E-state index contributed by atoms with van der Waals surface area (Å²) in [5.41, 5.74) is 0.746. The van der Waals surface area contributed by atoms with Gasteiger partial charge in [-0.25, -0.2) is 0 Å². The van der Waals surface area contributed by atoms with Gasteiger partial charge in [0.05, 0.1) is 0 Å². The van der Waals surface area contributed by atoms with Gasteiger partial charge in [-0.05, 0) is 17.4 Å². The highest BCUT2D eigenvalue weighted by Gasteiger charge is 2.01. The zero-order valence-electron chi connectivity index (χ0n) is 8.03. The summed E-state index contributed by atoms with van der Waals surface area (Å²) in [5.74, 6) is 1.60. The van der Waals surface area contributed by atoms with Crippen molar-refractivity contribution in [1.82, 2.24) is 0 Å². The third-order valence-corrected chi connectivity index (χ3v) is 2.17. The van der Waals surface area contributed by atoms with Crippen molar-refractivity contribution in [2.45, 2.75) is 0 Å². The molecule has 0 unspecified atom stereocenters. The van der Waals surface area contributed by atoms with Crippen LogP contribution in [0.4, 0.5) is 5.69 Å². The lowest BCUT2D eigenvalue weighted by Crippen LogP contribution is -2.08. The summed E-state index contributed by atoms with van der Waals surface area (Å²) < 4.78 is 0. The first-order valence-corrected chi connectivity index (χ1v) is 4.56. The monoisotopic (exact) mass is 195 g/mol. The van der Waals surface area contributed by atoms with Crippen LogP contribution in [0.25, 0.3) is 10.8 Å². The second kappa shape index (κ2) is 3.85. The molecule has 2 aromatic carbocycles. The van der Waals surface area contributed by atoms with E-state index in [1.807, 2.05) is 48.4 Å². The standard InChI is InChI=1S/C13H9NO/c1-2-13(15)14-12-9-5-7-10-6-3-4-8-11(10)12/h1,3-9H,(H,14,15). The molecule has 1 N–H and O–H groups in total. The van der Waals surface area contributed by atoms with Gasteiger partial charge in [-0.2, -0.15) is 0 Å². The van der Waals surface area contributed by atoms with Crippen LogP contribution >= 0.6 is 0 Å². The molecular weight excluding hydrogens is 186 g/mol. The van der Waals surface area contributed by atoms with Crippen molar-refractivity contribution in [3.05, 3.63) is 42.5 Å². The number of terminal acetylenes is 1. The summed E-state index contributed by atoms with van der Waals surface area (Å²) in [6.07, 6.45) is 5.00. The minimum absolute atomic E-state index is 0.425. The molecular formula is C13H9NO. The van der Waals surface area contributed by atoms with E-state index in [0.29, 0.717) is 0 Å².